The Kier molecular flexibility index (Phi) is 17.7. The molecule has 0 aliphatic carbocycles. The molecule has 0 unspecified atom stereocenters. The number of carbonyl (C=O) groups excluding carboxylic acids is 5. The van der Waals surface area contributed by atoms with E-state index in [1.807, 2.05) is 48.5 Å². The number of para-hydroxylation sites is 2. The van der Waals surface area contributed by atoms with Crippen LogP contribution in [0.2, 0.25) is 0 Å². The van der Waals surface area contributed by atoms with E-state index in [-0.39, 0.29) is 57.1 Å². The highest BCUT2D eigenvalue weighted by Crippen LogP contribution is 2.21. The fourth-order valence-corrected chi connectivity index (χ4v) is 6.75. The lowest BCUT2D eigenvalue weighted by Crippen LogP contribution is -2.59. The van der Waals surface area contributed by atoms with Gasteiger partial charge in [0.05, 0.1) is 6.04 Å². The Balaban J connectivity index is 1.57. The number of aromatic amines is 2. The van der Waals surface area contributed by atoms with Crippen molar-refractivity contribution in [3.8, 4) is 0 Å². The van der Waals surface area contributed by atoms with Gasteiger partial charge in [-0.15, -0.1) is 0 Å². The topological polar surface area (TPSA) is 372 Å². The molecule has 5 atom stereocenters. The molecule has 0 saturated carbocycles. The second kappa shape index (κ2) is 23.1. The molecule has 20 heteroatoms. The molecule has 324 valence electrons. The molecule has 2 heterocycles. The number of rotatable bonds is 25. The summed E-state index contributed by atoms with van der Waals surface area (Å²) in [6.45, 7) is 0.769. The molecule has 2 aromatic carbocycles. The third kappa shape index (κ3) is 14.0. The molecule has 0 aliphatic rings. The third-order valence-electron chi connectivity index (χ3n) is 9.95. The normalized spacial score (nSPS) is 13.6. The van der Waals surface area contributed by atoms with Gasteiger partial charge in [0.2, 0.25) is 29.5 Å². The number of guanidine groups is 2. The van der Waals surface area contributed by atoms with Gasteiger partial charge < -0.3 is 71.4 Å². The van der Waals surface area contributed by atoms with Gasteiger partial charge in [-0.25, -0.2) is 0 Å². The van der Waals surface area contributed by atoms with Gasteiger partial charge in [-0.05, 0) is 74.8 Å². The van der Waals surface area contributed by atoms with Crippen molar-refractivity contribution in [1.29, 1.82) is 0 Å². The number of amides is 5. The maximum Gasteiger partial charge on any atom is 0.243 e. The number of H-pyrrole nitrogens is 2. The predicted octanol–water partition coefficient (Wildman–Crippen LogP) is -1.58. The number of hydrogen-bond donors (Lipinski definition) is 13. The number of aliphatic imine (C=N–C) groups is 2. The number of hydrogen-bond acceptors (Lipinski definition) is 9. The van der Waals surface area contributed by atoms with Crippen molar-refractivity contribution in [3.63, 3.8) is 0 Å². The number of fused-ring (bicyclic) bond motifs is 2. The van der Waals surface area contributed by atoms with Crippen molar-refractivity contribution < 1.29 is 24.0 Å². The summed E-state index contributed by atoms with van der Waals surface area (Å²) in [7, 11) is 0. The van der Waals surface area contributed by atoms with Crippen LogP contribution >= 0.6 is 0 Å². The van der Waals surface area contributed by atoms with Crippen LogP contribution < -0.4 is 61.4 Å². The van der Waals surface area contributed by atoms with Crippen LogP contribution in [-0.4, -0.2) is 101 Å². The Morgan fingerprint density at radius 2 is 0.983 bits per heavy atom. The standard InChI is InChI=1S/C40H59N15O5/c41-16-6-5-14-30(53-36(58)31(15-8-18-49-40(46)47)52-35(57)27(42)11-7-17-48-39(44)45)37(59)55-33(20-24-22-51-29-13-4-2-10-26(24)29)38(60)54-32(34(43)56)19-23-21-50-28-12-3-1-9-25(23)28/h1-4,9-10,12-13,21-22,27,30-33,50-51H,5-8,11,14-20,41-42H2,(H2,43,56)(H,52,57)(H,53,58)(H,54,60)(H,55,59)(H4,44,45,48)(H4,46,47,49)/t27-,30-,31-,32-,33-/m0/s1. The largest absolute Gasteiger partial charge is 0.370 e. The fraction of sp³-hybridized carbons (Fsp3) is 0.425. The summed E-state index contributed by atoms with van der Waals surface area (Å²) >= 11 is 0. The van der Waals surface area contributed by atoms with Crippen LogP contribution in [0.3, 0.4) is 0 Å². The maximum absolute atomic E-state index is 14.3. The van der Waals surface area contributed by atoms with Crippen molar-refractivity contribution in [1.82, 2.24) is 31.2 Å². The van der Waals surface area contributed by atoms with E-state index >= 15 is 0 Å². The number of carbonyl (C=O) groups is 5. The zero-order valence-electron chi connectivity index (χ0n) is 33.6. The van der Waals surface area contributed by atoms with E-state index in [9.17, 15) is 24.0 Å². The minimum atomic E-state index is -1.22. The lowest BCUT2D eigenvalue weighted by atomic mass is 10.0. The zero-order valence-corrected chi connectivity index (χ0v) is 33.6. The van der Waals surface area contributed by atoms with Crippen molar-refractivity contribution >= 4 is 63.3 Å². The molecular weight excluding hydrogens is 771 g/mol. The van der Waals surface area contributed by atoms with Crippen molar-refractivity contribution in [2.75, 3.05) is 19.6 Å². The first-order valence-corrected chi connectivity index (χ1v) is 19.9. The molecule has 20 nitrogen and oxygen atoms in total. The van der Waals surface area contributed by atoms with Crippen LogP contribution in [0.5, 0.6) is 0 Å². The first kappa shape index (κ1) is 46.0. The van der Waals surface area contributed by atoms with Crippen LogP contribution in [0.25, 0.3) is 21.8 Å². The molecule has 0 radical (unpaired) electrons. The molecule has 4 rings (SSSR count). The fourth-order valence-electron chi connectivity index (χ4n) is 6.75. The van der Waals surface area contributed by atoms with Gasteiger partial charge in [0.15, 0.2) is 11.9 Å². The summed E-state index contributed by atoms with van der Waals surface area (Å²) < 4.78 is 0. The van der Waals surface area contributed by atoms with E-state index in [4.69, 9.17) is 40.1 Å². The second-order valence-electron chi connectivity index (χ2n) is 14.6. The Morgan fingerprint density at radius 3 is 1.50 bits per heavy atom. The van der Waals surface area contributed by atoms with Crippen LogP contribution in [0.1, 0.15) is 56.1 Å². The summed E-state index contributed by atoms with van der Waals surface area (Å²) in [6.07, 6.45) is 5.80. The van der Waals surface area contributed by atoms with E-state index < -0.39 is 59.7 Å². The molecular formula is C40H59N15O5. The average molecular weight is 830 g/mol. The van der Waals surface area contributed by atoms with Crippen molar-refractivity contribution in [2.45, 2.75) is 88.0 Å². The van der Waals surface area contributed by atoms with Crippen LogP contribution in [-0.2, 0) is 36.8 Å². The van der Waals surface area contributed by atoms with Gasteiger partial charge in [0, 0.05) is 60.1 Å². The first-order chi connectivity index (χ1) is 28.8. The lowest BCUT2D eigenvalue weighted by Gasteiger charge is -2.27. The Hall–Kier alpha value is -6.67. The number of unbranched alkanes of at least 4 members (excludes halogenated alkanes) is 1. The molecule has 20 N–H and O–H groups in total. The molecule has 4 aromatic rings. The summed E-state index contributed by atoms with van der Waals surface area (Å²) in [5, 5.41) is 12.8. The van der Waals surface area contributed by atoms with Gasteiger partial charge >= 0.3 is 0 Å². The molecule has 0 saturated heterocycles. The number of nitrogens with zero attached hydrogens (tertiary/aromatic N) is 2. The summed E-state index contributed by atoms with van der Waals surface area (Å²) in [5.41, 5.74) is 42.6. The molecule has 0 bridgehead atoms. The second-order valence-corrected chi connectivity index (χ2v) is 14.6. The van der Waals surface area contributed by atoms with Gasteiger partial charge in [-0.3, -0.25) is 34.0 Å². The van der Waals surface area contributed by atoms with Crippen LogP contribution in [0.4, 0.5) is 0 Å². The van der Waals surface area contributed by atoms with Crippen LogP contribution in [0, 0.1) is 0 Å². The van der Waals surface area contributed by atoms with E-state index in [0.29, 0.717) is 32.2 Å². The zero-order chi connectivity index (χ0) is 43.6. The molecule has 0 fully saturated rings. The Labute approximate surface area is 347 Å². The molecule has 2 aromatic heterocycles. The molecule has 5 amide bonds. The highest BCUT2D eigenvalue weighted by atomic mass is 16.2. The molecule has 0 aliphatic heterocycles. The quantitative estimate of drug-likeness (QED) is 0.0205. The average Bonchev–Trinajstić information content (AvgIpc) is 3.83. The summed E-state index contributed by atoms with van der Waals surface area (Å²) in [4.78, 5) is 82.6. The predicted molar refractivity (Wildman–Crippen MR) is 232 cm³/mol. The van der Waals surface area contributed by atoms with E-state index in [0.717, 1.165) is 32.9 Å². The summed E-state index contributed by atoms with van der Waals surface area (Å²) in [6, 6.07) is 9.39. The van der Waals surface area contributed by atoms with Crippen molar-refractivity contribution in [2.24, 2.45) is 50.1 Å². The van der Waals surface area contributed by atoms with Gasteiger partial charge in [0.25, 0.3) is 0 Å². The number of primary amides is 1. The van der Waals surface area contributed by atoms with Crippen molar-refractivity contribution in [3.05, 3.63) is 72.1 Å². The summed E-state index contributed by atoms with van der Waals surface area (Å²) in [5.74, 6) is -3.59. The Bertz CT molecular complexity index is 2120. The highest BCUT2D eigenvalue weighted by molar-refractivity contribution is 5.96. The minimum Gasteiger partial charge on any atom is -0.370 e. The van der Waals surface area contributed by atoms with Gasteiger partial charge in [-0.1, -0.05) is 36.4 Å². The number of aromatic nitrogens is 2. The molecule has 0 spiro atoms. The number of benzene rings is 2. The maximum atomic E-state index is 14.3. The smallest absolute Gasteiger partial charge is 0.243 e. The molecule has 60 heavy (non-hydrogen) atoms. The van der Waals surface area contributed by atoms with Crippen LogP contribution in [0.15, 0.2) is 70.9 Å². The van der Waals surface area contributed by atoms with E-state index in [1.165, 1.54) is 0 Å². The van der Waals surface area contributed by atoms with E-state index in [1.54, 1.807) is 12.4 Å². The highest BCUT2D eigenvalue weighted by Gasteiger charge is 2.32. The minimum absolute atomic E-state index is 0.0220. The monoisotopic (exact) mass is 829 g/mol. The first-order valence-electron chi connectivity index (χ1n) is 19.9. The SMILES string of the molecule is NCCCC[C@H](NC(=O)[C@H](CCCN=C(N)N)NC(=O)[C@@H](N)CCCN=C(N)N)C(=O)N[C@@H](Cc1c[nH]c2ccccc12)C(=O)N[C@@H](Cc1c[nH]c2ccccc12)C(N)=O. The Morgan fingerprint density at radius 1 is 0.550 bits per heavy atom. The van der Waals surface area contributed by atoms with Gasteiger partial charge in [-0.2, -0.15) is 0 Å². The van der Waals surface area contributed by atoms with E-state index in [2.05, 4.69) is 41.2 Å². The number of nitrogens with two attached hydrogens (primary N) is 7. The third-order valence-corrected chi connectivity index (χ3v) is 9.95. The number of nitrogens with one attached hydrogen (secondary N) is 6. The lowest BCUT2D eigenvalue weighted by molar-refractivity contribution is -0.134. The van der Waals surface area contributed by atoms with Gasteiger partial charge in [0.1, 0.15) is 24.2 Å².